The Morgan fingerprint density at radius 1 is 1.11 bits per heavy atom. The van der Waals surface area contributed by atoms with E-state index < -0.39 is 37.3 Å². The molecule has 9 heteroatoms. The van der Waals surface area contributed by atoms with Gasteiger partial charge in [-0.3, -0.25) is 0 Å². The molecule has 0 aromatic heterocycles. The number of hydrogen-bond acceptors (Lipinski definition) is 2. The maximum absolute atomic E-state index is 12.7. The fraction of sp³-hybridized carbons (Fsp3) is 1.00. The molecule has 108 valence electrons. The van der Waals surface area contributed by atoms with Crippen LogP contribution in [0.3, 0.4) is 0 Å². The van der Waals surface area contributed by atoms with Gasteiger partial charge < -0.3 is 9.47 Å². The fourth-order valence-corrected chi connectivity index (χ4v) is 1.24. The third-order valence-corrected chi connectivity index (χ3v) is 2.59. The highest BCUT2D eigenvalue weighted by atomic mass is 19.4. The molecule has 1 rings (SSSR count). The summed E-state index contributed by atoms with van der Waals surface area (Å²) in [4.78, 5) is 0. The largest absolute Gasteiger partial charge is 0.459 e. The van der Waals surface area contributed by atoms with Gasteiger partial charge in [0.05, 0.1) is 19.3 Å². The van der Waals surface area contributed by atoms with Gasteiger partial charge in [0.1, 0.15) is 6.61 Å². The van der Waals surface area contributed by atoms with E-state index in [9.17, 15) is 30.7 Å². The van der Waals surface area contributed by atoms with E-state index >= 15 is 0 Å². The van der Waals surface area contributed by atoms with Crippen molar-refractivity contribution in [3.8, 4) is 0 Å². The monoisotopic (exact) mass is 284 g/mol. The maximum atomic E-state index is 12.7. The van der Waals surface area contributed by atoms with Crippen molar-refractivity contribution in [3.05, 3.63) is 0 Å². The molecule has 18 heavy (non-hydrogen) atoms. The molecule has 2 atom stereocenters. The van der Waals surface area contributed by atoms with Gasteiger partial charge in [0.15, 0.2) is 0 Å². The summed E-state index contributed by atoms with van der Waals surface area (Å²) in [6.07, 6.45) is -6.86. The van der Waals surface area contributed by atoms with Crippen LogP contribution in [-0.2, 0) is 9.47 Å². The van der Waals surface area contributed by atoms with Crippen LogP contribution >= 0.6 is 0 Å². The molecule has 1 fully saturated rings. The van der Waals surface area contributed by atoms with Gasteiger partial charge in [-0.25, -0.2) is 0 Å². The van der Waals surface area contributed by atoms with E-state index in [1.54, 1.807) is 6.92 Å². The van der Waals surface area contributed by atoms with Gasteiger partial charge in [-0.05, 0) is 0 Å². The molecule has 0 N–H and O–H groups in total. The van der Waals surface area contributed by atoms with Crippen LogP contribution in [0.1, 0.15) is 6.92 Å². The van der Waals surface area contributed by atoms with Gasteiger partial charge in [-0.1, -0.05) is 6.92 Å². The minimum absolute atomic E-state index is 0.00162. The van der Waals surface area contributed by atoms with Crippen molar-refractivity contribution in [2.45, 2.75) is 31.0 Å². The van der Waals surface area contributed by atoms with Crippen LogP contribution in [0, 0.1) is 5.92 Å². The van der Waals surface area contributed by atoms with Crippen molar-refractivity contribution >= 4 is 0 Å². The summed E-state index contributed by atoms with van der Waals surface area (Å²) in [7, 11) is 0. The Bertz CT molecular complexity index is 289. The van der Waals surface area contributed by atoms with Gasteiger partial charge in [0.25, 0.3) is 0 Å². The minimum atomic E-state index is -6.32. The van der Waals surface area contributed by atoms with Crippen LogP contribution in [0.25, 0.3) is 0 Å². The van der Waals surface area contributed by atoms with E-state index in [-0.39, 0.29) is 5.92 Å². The summed E-state index contributed by atoms with van der Waals surface area (Å²) in [6, 6.07) is 0. The zero-order valence-electron chi connectivity index (χ0n) is 9.24. The third-order valence-electron chi connectivity index (χ3n) is 2.59. The quantitative estimate of drug-likeness (QED) is 0.723. The Balaban J connectivity index is 2.48. The van der Waals surface area contributed by atoms with Crippen molar-refractivity contribution in [1.82, 2.24) is 0 Å². The number of rotatable bonds is 5. The molecule has 0 aromatic rings. The van der Waals surface area contributed by atoms with Gasteiger partial charge in [0, 0.05) is 5.92 Å². The van der Waals surface area contributed by atoms with Crippen LogP contribution < -0.4 is 0 Å². The van der Waals surface area contributed by atoms with Crippen LogP contribution in [0.4, 0.5) is 30.7 Å². The first-order valence-corrected chi connectivity index (χ1v) is 5.01. The molecule has 0 aliphatic carbocycles. The molecule has 1 heterocycles. The number of alkyl halides is 7. The Hall–Kier alpha value is -0.570. The molecule has 2 unspecified atom stereocenters. The Morgan fingerprint density at radius 2 is 1.67 bits per heavy atom. The predicted octanol–water partition coefficient (Wildman–Crippen LogP) is 2.87. The van der Waals surface area contributed by atoms with Crippen molar-refractivity contribution in [2.75, 3.05) is 19.8 Å². The molecule has 2 nitrogen and oxygen atoms in total. The molecule has 0 saturated carbocycles. The second-order valence-corrected chi connectivity index (χ2v) is 4.14. The van der Waals surface area contributed by atoms with Crippen LogP contribution in [-0.4, -0.2) is 43.9 Å². The Kier molecular flexibility index (Phi) is 4.16. The SMILES string of the molecule is CC1COC1COCC(F)(F)C(F)(F)C(F)(F)F. The lowest BCUT2D eigenvalue weighted by atomic mass is 10.0. The average Bonchev–Trinajstić information content (AvgIpc) is 2.20. The van der Waals surface area contributed by atoms with Crippen LogP contribution in [0.5, 0.6) is 0 Å². The lowest BCUT2D eigenvalue weighted by Crippen LogP contribution is -2.54. The molecular weight excluding hydrogens is 273 g/mol. The number of hydrogen-bond donors (Lipinski definition) is 0. The van der Waals surface area contributed by atoms with Gasteiger partial charge in [0.2, 0.25) is 0 Å². The second-order valence-electron chi connectivity index (χ2n) is 4.14. The first-order chi connectivity index (χ1) is 7.99. The topological polar surface area (TPSA) is 18.5 Å². The highest BCUT2D eigenvalue weighted by Crippen LogP contribution is 2.46. The van der Waals surface area contributed by atoms with E-state index in [1.807, 2.05) is 0 Å². The molecule has 0 amide bonds. The molecule has 0 bridgehead atoms. The normalized spacial score (nSPS) is 26.0. The Labute approximate surface area is 98.0 Å². The molecule has 0 radical (unpaired) electrons. The zero-order valence-corrected chi connectivity index (χ0v) is 9.24. The summed E-state index contributed by atoms with van der Waals surface area (Å²) in [5.74, 6) is -11.4. The first-order valence-electron chi connectivity index (χ1n) is 5.01. The molecule has 1 aliphatic heterocycles. The summed E-state index contributed by atoms with van der Waals surface area (Å²) in [5.41, 5.74) is 0. The Morgan fingerprint density at radius 3 is 2.00 bits per heavy atom. The highest BCUT2D eigenvalue weighted by Gasteiger charge is 2.73. The van der Waals surface area contributed by atoms with Crippen molar-refractivity contribution in [1.29, 1.82) is 0 Å². The van der Waals surface area contributed by atoms with Crippen molar-refractivity contribution in [2.24, 2.45) is 5.92 Å². The molecular formula is C9H11F7O2. The van der Waals surface area contributed by atoms with E-state index in [0.29, 0.717) is 6.61 Å². The van der Waals surface area contributed by atoms with Crippen LogP contribution in [0.2, 0.25) is 0 Å². The lowest BCUT2D eigenvalue weighted by molar-refractivity contribution is -0.362. The van der Waals surface area contributed by atoms with E-state index in [2.05, 4.69) is 4.74 Å². The summed E-state index contributed by atoms with van der Waals surface area (Å²) >= 11 is 0. The van der Waals surface area contributed by atoms with E-state index in [4.69, 9.17) is 4.74 Å². The van der Waals surface area contributed by atoms with Gasteiger partial charge in [-0.15, -0.1) is 0 Å². The highest BCUT2D eigenvalue weighted by molar-refractivity contribution is 4.91. The zero-order chi connectivity index (χ0) is 14.2. The predicted molar refractivity (Wildman–Crippen MR) is 45.7 cm³/mol. The standard InChI is InChI=1S/C9H11F7O2/c1-5-2-18-6(5)3-17-4-7(10,11)8(12,13)9(14,15)16/h5-6H,2-4H2,1H3. The average molecular weight is 284 g/mol. The first kappa shape index (κ1) is 15.5. The third kappa shape index (κ3) is 2.87. The molecule has 1 aliphatic rings. The van der Waals surface area contributed by atoms with Gasteiger partial charge >= 0.3 is 18.0 Å². The van der Waals surface area contributed by atoms with E-state index in [0.717, 1.165) is 0 Å². The van der Waals surface area contributed by atoms with Gasteiger partial charge in [-0.2, -0.15) is 30.7 Å². The molecule has 0 aromatic carbocycles. The lowest BCUT2D eigenvalue weighted by Gasteiger charge is -2.34. The van der Waals surface area contributed by atoms with Crippen molar-refractivity contribution < 1.29 is 40.2 Å². The number of ether oxygens (including phenoxy) is 2. The minimum Gasteiger partial charge on any atom is -0.375 e. The fourth-order valence-electron chi connectivity index (χ4n) is 1.24. The summed E-state index contributed by atoms with van der Waals surface area (Å²) in [6.45, 7) is -0.361. The van der Waals surface area contributed by atoms with E-state index in [1.165, 1.54) is 0 Å². The van der Waals surface area contributed by atoms with Crippen molar-refractivity contribution in [3.63, 3.8) is 0 Å². The molecule has 0 spiro atoms. The van der Waals surface area contributed by atoms with Crippen LogP contribution in [0.15, 0.2) is 0 Å². The summed E-state index contributed by atoms with van der Waals surface area (Å²) in [5, 5.41) is 0. The number of halogens is 7. The maximum Gasteiger partial charge on any atom is 0.459 e. The second kappa shape index (κ2) is 4.84. The molecule has 1 saturated heterocycles. The summed E-state index contributed by atoms with van der Waals surface area (Å²) < 4.78 is 94.6. The smallest absolute Gasteiger partial charge is 0.375 e.